The Hall–Kier alpha value is -1.70. The second-order valence-electron chi connectivity index (χ2n) is 4.59. The number of aromatic nitrogens is 1. The van der Waals surface area contributed by atoms with Crippen LogP contribution in [-0.2, 0) is 16.1 Å². The molecule has 1 saturated heterocycles. The number of morpholine rings is 1. The van der Waals surface area contributed by atoms with E-state index in [0.29, 0.717) is 26.2 Å². The molecule has 106 valence electrons. The molecule has 1 unspecified atom stereocenters. The van der Waals surface area contributed by atoms with Gasteiger partial charge >= 0.3 is 5.97 Å². The number of thiophene rings is 1. The van der Waals surface area contributed by atoms with Gasteiger partial charge in [0.15, 0.2) is 11.9 Å². The average Bonchev–Trinajstić information content (AvgIpc) is 3.09. The molecule has 0 spiro atoms. The third-order valence-corrected chi connectivity index (χ3v) is 4.02. The summed E-state index contributed by atoms with van der Waals surface area (Å²) in [5, 5.41) is 15.0. The third kappa shape index (κ3) is 2.90. The molecule has 0 amide bonds. The van der Waals surface area contributed by atoms with Gasteiger partial charge in [-0.25, -0.2) is 4.79 Å². The van der Waals surface area contributed by atoms with E-state index in [1.54, 1.807) is 11.3 Å². The van der Waals surface area contributed by atoms with E-state index in [1.165, 1.54) is 0 Å². The summed E-state index contributed by atoms with van der Waals surface area (Å²) in [5.74, 6) is -0.174. The van der Waals surface area contributed by atoms with Crippen LogP contribution < -0.4 is 0 Å². The molecule has 2 aromatic heterocycles. The fourth-order valence-corrected chi connectivity index (χ4v) is 2.82. The zero-order valence-corrected chi connectivity index (χ0v) is 11.5. The van der Waals surface area contributed by atoms with E-state index in [1.807, 2.05) is 28.5 Å². The molecule has 0 saturated carbocycles. The van der Waals surface area contributed by atoms with E-state index in [4.69, 9.17) is 14.4 Å². The van der Waals surface area contributed by atoms with Crippen LogP contribution in [0.15, 0.2) is 28.1 Å². The van der Waals surface area contributed by atoms with Crippen molar-refractivity contribution in [3.05, 3.63) is 29.3 Å². The van der Waals surface area contributed by atoms with Crippen molar-refractivity contribution in [1.29, 1.82) is 0 Å². The van der Waals surface area contributed by atoms with E-state index < -0.39 is 12.1 Å². The number of hydrogen-bond acceptors (Lipinski definition) is 6. The molecule has 0 radical (unpaired) electrons. The molecule has 0 bridgehead atoms. The normalized spacial score (nSPS) is 20.1. The monoisotopic (exact) mass is 294 g/mol. The minimum absolute atomic E-state index is 0.372. The van der Waals surface area contributed by atoms with Crippen LogP contribution in [0.3, 0.4) is 0 Å². The van der Waals surface area contributed by atoms with Crippen LogP contribution in [0.1, 0.15) is 5.69 Å². The van der Waals surface area contributed by atoms with Crippen LogP contribution in [0.5, 0.6) is 0 Å². The Balaban J connectivity index is 1.64. The third-order valence-electron chi connectivity index (χ3n) is 3.13. The lowest BCUT2D eigenvalue weighted by Crippen LogP contribution is -2.45. The van der Waals surface area contributed by atoms with Crippen molar-refractivity contribution in [1.82, 2.24) is 10.1 Å². The van der Waals surface area contributed by atoms with Crippen LogP contribution in [0, 0.1) is 0 Å². The maximum Gasteiger partial charge on any atom is 0.334 e. The maximum atomic E-state index is 10.9. The first kappa shape index (κ1) is 13.3. The first-order valence-electron chi connectivity index (χ1n) is 6.28. The van der Waals surface area contributed by atoms with Gasteiger partial charge in [-0.15, -0.1) is 11.3 Å². The molecule has 20 heavy (non-hydrogen) atoms. The van der Waals surface area contributed by atoms with Crippen molar-refractivity contribution in [3.63, 3.8) is 0 Å². The van der Waals surface area contributed by atoms with E-state index >= 15 is 0 Å². The molecular formula is C13H14N2O4S. The van der Waals surface area contributed by atoms with Crippen molar-refractivity contribution in [2.45, 2.75) is 12.6 Å². The van der Waals surface area contributed by atoms with Crippen LogP contribution in [0.2, 0.25) is 0 Å². The highest BCUT2D eigenvalue weighted by atomic mass is 32.1. The van der Waals surface area contributed by atoms with Gasteiger partial charge in [0, 0.05) is 25.7 Å². The van der Waals surface area contributed by atoms with Gasteiger partial charge in [-0.3, -0.25) is 4.90 Å². The highest BCUT2D eigenvalue weighted by Crippen LogP contribution is 2.25. The average molecular weight is 294 g/mol. The fraction of sp³-hybridized carbons (Fsp3) is 0.385. The molecule has 1 atom stereocenters. The molecule has 1 fully saturated rings. The van der Waals surface area contributed by atoms with E-state index in [-0.39, 0.29) is 0 Å². The summed E-state index contributed by atoms with van der Waals surface area (Å²) in [6.45, 7) is 2.07. The Morgan fingerprint density at radius 2 is 2.50 bits per heavy atom. The number of nitrogens with zero attached hydrogens (tertiary/aromatic N) is 2. The predicted octanol–water partition coefficient (Wildman–Crippen LogP) is 1.69. The number of carboxylic acids is 1. The molecular weight excluding hydrogens is 280 g/mol. The lowest BCUT2D eigenvalue weighted by atomic mass is 10.2. The molecule has 1 aliphatic rings. The lowest BCUT2D eigenvalue weighted by Gasteiger charge is -2.29. The van der Waals surface area contributed by atoms with Crippen molar-refractivity contribution in [2.75, 3.05) is 19.7 Å². The van der Waals surface area contributed by atoms with Crippen LogP contribution >= 0.6 is 11.3 Å². The van der Waals surface area contributed by atoms with Crippen LogP contribution in [-0.4, -0.2) is 46.9 Å². The lowest BCUT2D eigenvalue weighted by molar-refractivity contribution is -0.156. The highest BCUT2D eigenvalue weighted by Gasteiger charge is 2.26. The van der Waals surface area contributed by atoms with Gasteiger partial charge in [0.25, 0.3) is 0 Å². The van der Waals surface area contributed by atoms with Gasteiger partial charge in [0.1, 0.15) is 0 Å². The Labute approximate surface area is 119 Å². The topological polar surface area (TPSA) is 75.8 Å². The molecule has 1 aliphatic heterocycles. The highest BCUT2D eigenvalue weighted by molar-refractivity contribution is 7.13. The summed E-state index contributed by atoms with van der Waals surface area (Å²) in [7, 11) is 0. The van der Waals surface area contributed by atoms with Gasteiger partial charge in [-0.05, 0) is 11.4 Å². The predicted molar refractivity (Wildman–Crippen MR) is 72.5 cm³/mol. The van der Waals surface area contributed by atoms with E-state index in [9.17, 15) is 4.79 Å². The van der Waals surface area contributed by atoms with Crippen molar-refractivity contribution >= 4 is 17.3 Å². The number of rotatable bonds is 4. The van der Waals surface area contributed by atoms with Crippen LogP contribution in [0.25, 0.3) is 10.6 Å². The molecule has 0 aliphatic carbocycles. The number of aliphatic carboxylic acids is 1. The largest absolute Gasteiger partial charge is 0.479 e. The standard InChI is InChI=1S/C13H14N2O4S/c16-13(17)11-8-15(3-4-18-11)7-9-6-10(19-14-9)12-2-1-5-20-12/h1-2,5-6,11H,3-4,7-8H2,(H,16,17). The maximum absolute atomic E-state index is 10.9. The van der Waals surface area contributed by atoms with Crippen molar-refractivity contribution in [3.8, 4) is 10.6 Å². The summed E-state index contributed by atoms with van der Waals surface area (Å²) in [6.07, 6.45) is -0.757. The van der Waals surface area contributed by atoms with Gasteiger partial charge < -0.3 is 14.4 Å². The van der Waals surface area contributed by atoms with E-state index in [2.05, 4.69) is 5.16 Å². The summed E-state index contributed by atoms with van der Waals surface area (Å²) < 4.78 is 10.5. The van der Waals surface area contributed by atoms with Crippen molar-refractivity contribution in [2.24, 2.45) is 0 Å². The minimum atomic E-state index is -0.922. The number of carboxylic acid groups (broad SMARTS) is 1. The number of hydrogen-bond donors (Lipinski definition) is 1. The van der Waals surface area contributed by atoms with Gasteiger partial charge in [-0.2, -0.15) is 0 Å². The summed E-state index contributed by atoms with van der Waals surface area (Å²) >= 11 is 1.59. The Morgan fingerprint density at radius 1 is 1.60 bits per heavy atom. The smallest absolute Gasteiger partial charge is 0.334 e. The zero-order chi connectivity index (χ0) is 13.9. The van der Waals surface area contributed by atoms with E-state index in [0.717, 1.165) is 16.3 Å². The zero-order valence-electron chi connectivity index (χ0n) is 10.7. The molecule has 3 heterocycles. The van der Waals surface area contributed by atoms with Gasteiger partial charge in [0.2, 0.25) is 0 Å². The molecule has 6 nitrogen and oxygen atoms in total. The molecule has 2 aromatic rings. The number of carbonyl (C=O) groups is 1. The fourth-order valence-electron chi connectivity index (χ4n) is 2.15. The Kier molecular flexibility index (Phi) is 3.81. The molecule has 0 aromatic carbocycles. The van der Waals surface area contributed by atoms with Gasteiger partial charge in [-0.1, -0.05) is 11.2 Å². The molecule has 3 rings (SSSR count). The second-order valence-corrected chi connectivity index (χ2v) is 5.54. The SMILES string of the molecule is O=C(O)C1CN(Cc2cc(-c3cccs3)on2)CCO1. The Morgan fingerprint density at radius 3 is 3.25 bits per heavy atom. The van der Waals surface area contributed by atoms with Crippen molar-refractivity contribution < 1.29 is 19.2 Å². The second kappa shape index (κ2) is 5.74. The number of ether oxygens (including phenoxy) is 1. The first-order valence-corrected chi connectivity index (χ1v) is 7.16. The summed E-state index contributed by atoms with van der Waals surface area (Å²) in [6, 6.07) is 5.84. The molecule has 1 N–H and O–H groups in total. The summed E-state index contributed by atoms with van der Waals surface area (Å²) in [5.41, 5.74) is 0.805. The van der Waals surface area contributed by atoms with Crippen LogP contribution in [0.4, 0.5) is 0 Å². The Bertz CT molecular complexity index is 581. The first-order chi connectivity index (χ1) is 9.72. The molecule has 7 heteroatoms. The van der Waals surface area contributed by atoms with Gasteiger partial charge in [0.05, 0.1) is 17.2 Å². The summed E-state index contributed by atoms with van der Waals surface area (Å²) in [4.78, 5) is 14.0. The quantitative estimate of drug-likeness (QED) is 0.924. The minimum Gasteiger partial charge on any atom is -0.479 e.